The molecule has 0 spiro atoms. The van der Waals surface area contributed by atoms with Gasteiger partial charge in [-0.3, -0.25) is 4.98 Å². The van der Waals surface area contributed by atoms with Gasteiger partial charge in [0, 0.05) is 40.8 Å². The molecule has 3 N–H and O–H groups in total. The van der Waals surface area contributed by atoms with Crippen LogP contribution in [0.2, 0.25) is 0 Å². The third kappa shape index (κ3) is 4.98. The van der Waals surface area contributed by atoms with Gasteiger partial charge in [0.25, 0.3) is 0 Å². The van der Waals surface area contributed by atoms with Gasteiger partial charge < -0.3 is 15.7 Å². The Morgan fingerprint density at radius 2 is 1.85 bits per heavy atom. The smallest absolute Gasteiger partial charge is 0.0751 e. The average molecular weight is 366 g/mol. The Bertz CT molecular complexity index is 847. The summed E-state index contributed by atoms with van der Waals surface area (Å²) in [7, 11) is 0. The SMILES string of the molecule is C=C(NCCO)c1ccc(-c2nccc(NC(=C)C(C)(C)C)c2C)cc1C. The van der Waals surface area contributed by atoms with Crippen molar-refractivity contribution in [2.75, 3.05) is 18.5 Å². The van der Waals surface area contributed by atoms with Gasteiger partial charge in [-0.25, -0.2) is 0 Å². The third-order valence-corrected chi connectivity index (χ3v) is 4.67. The summed E-state index contributed by atoms with van der Waals surface area (Å²) in [5.41, 5.74) is 8.05. The fraction of sp³-hybridized carbons (Fsp3) is 0.348. The first-order chi connectivity index (χ1) is 12.6. The van der Waals surface area contributed by atoms with Gasteiger partial charge in [0.2, 0.25) is 0 Å². The molecule has 0 fully saturated rings. The predicted molar refractivity (Wildman–Crippen MR) is 115 cm³/mol. The first-order valence-corrected chi connectivity index (χ1v) is 9.22. The maximum absolute atomic E-state index is 8.97. The van der Waals surface area contributed by atoms with Crippen LogP contribution in [0.25, 0.3) is 17.0 Å². The van der Waals surface area contributed by atoms with Crippen molar-refractivity contribution < 1.29 is 5.11 Å². The Labute approximate surface area is 163 Å². The van der Waals surface area contributed by atoms with Crippen molar-refractivity contribution >= 4 is 11.4 Å². The largest absolute Gasteiger partial charge is 0.395 e. The van der Waals surface area contributed by atoms with Crippen molar-refractivity contribution in [2.24, 2.45) is 5.41 Å². The number of pyridine rings is 1. The molecule has 0 saturated carbocycles. The van der Waals surface area contributed by atoms with Crippen molar-refractivity contribution in [3.63, 3.8) is 0 Å². The maximum atomic E-state index is 8.97. The number of allylic oxidation sites excluding steroid dienone is 1. The number of rotatable bonds is 7. The normalized spacial score (nSPS) is 11.2. The van der Waals surface area contributed by atoms with Gasteiger partial charge in [0.1, 0.15) is 0 Å². The number of aliphatic hydroxyl groups excluding tert-OH is 1. The van der Waals surface area contributed by atoms with E-state index in [1.54, 1.807) is 0 Å². The van der Waals surface area contributed by atoms with Gasteiger partial charge in [-0.05, 0) is 42.7 Å². The lowest BCUT2D eigenvalue weighted by Gasteiger charge is -2.24. The first-order valence-electron chi connectivity index (χ1n) is 9.22. The highest BCUT2D eigenvalue weighted by Crippen LogP contribution is 2.31. The van der Waals surface area contributed by atoms with Crippen LogP contribution in [0.1, 0.15) is 37.5 Å². The van der Waals surface area contributed by atoms with Gasteiger partial charge in [0.05, 0.1) is 12.3 Å². The van der Waals surface area contributed by atoms with Crippen LogP contribution < -0.4 is 10.6 Å². The summed E-state index contributed by atoms with van der Waals surface area (Å²) < 4.78 is 0. The van der Waals surface area contributed by atoms with Crippen LogP contribution in [-0.4, -0.2) is 23.2 Å². The number of aliphatic hydroxyl groups is 1. The molecule has 0 radical (unpaired) electrons. The molecule has 0 amide bonds. The molecule has 4 nitrogen and oxygen atoms in total. The van der Waals surface area contributed by atoms with Crippen LogP contribution in [0.5, 0.6) is 0 Å². The molecular formula is C23H31N3O. The predicted octanol–water partition coefficient (Wildman–Crippen LogP) is 4.89. The van der Waals surface area contributed by atoms with E-state index in [9.17, 15) is 0 Å². The molecule has 0 saturated heterocycles. The van der Waals surface area contributed by atoms with E-state index in [4.69, 9.17) is 5.11 Å². The van der Waals surface area contributed by atoms with Gasteiger partial charge in [0.15, 0.2) is 0 Å². The summed E-state index contributed by atoms with van der Waals surface area (Å²) in [6.07, 6.45) is 1.82. The second-order valence-electron chi connectivity index (χ2n) is 7.84. The Morgan fingerprint density at radius 3 is 2.44 bits per heavy atom. The highest BCUT2D eigenvalue weighted by molar-refractivity contribution is 5.74. The molecule has 1 heterocycles. The van der Waals surface area contributed by atoms with E-state index in [2.05, 4.69) is 75.5 Å². The highest BCUT2D eigenvalue weighted by atomic mass is 16.3. The number of hydrogen-bond donors (Lipinski definition) is 3. The lowest BCUT2D eigenvalue weighted by atomic mass is 9.92. The number of aromatic nitrogens is 1. The number of aryl methyl sites for hydroxylation is 1. The van der Waals surface area contributed by atoms with Crippen molar-refractivity contribution in [1.82, 2.24) is 10.3 Å². The standard InChI is InChI=1S/C23H31N3O/c1-15-14-19(8-9-20(15)17(3)24-12-13-27)22-16(2)21(10-11-25-22)26-18(4)23(5,6)7/h8-11,14,24,27H,3-4,12-13H2,1-2,5-7H3,(H,25,26). The minimum absolute atomic E-state index is 0.0178. The molecule has 0 atom stereocenters. The number of nitrogens with zero attached hydrogens (tertiary/aromatic N) is 1. The molecule has 4 heteroatoms. The molecule has 0 bridgehead atoms. The van der Waals surface area contributed by atoms with E-state index in [1.165, 1.54) is 0 Å². The molecule has 27 heavy (non-hydrogen) atoms. The zero-order chi connectivity index (χ0) is 20.2. The Balaban J connectivity index is 2.33. The van der Waals surface area contributed by atoms with Gasteiger partial charge in [-0.2, -0.15) is 0 Å². The Morgan fingerprint density at radius 1 is 1.15 bits per heavy atom. The number of hydrogen-bond acceptors (Lipinski definition) is 4. The summed E-state index contributed by atoms with van der Waals surface area (Å²) in [6.45, 7) is 19.3. The lowest BCUT2D eigenvalue weighted by Crippen LogP contribution is -2.16. The van der Waals surface area contributed by atoms with Crippen molar-refractivity contribution in [1.29, 1.82) is 0 Å². The molecule has 0 unspecified atom stereocenters. The minimum atomic E-state index is -0.0178. The Hall–Kier alpha value is -2.59. The zero-order valence-electron chi connectivity index (χ0n) is 17.1. The quantitative estimate of drug-likeness (QED) is 0.654. The maximum Gasteiger partial charge on any atom is 0.0751 e. The van der Waals surface area contributed by atoms with Crippen LogP contribution in [0.4, 0.5) is 5.69 Å². The second kappa shape index (κ2) is 8.40. The van der Waals surface area contributed by atoms with E-state index < -0.39 is 0 Å². The summed E-state index contributed by atoms with van der Waals surface area (Å²) in [6, 6.07) is 8.22. The molecule has 1 aromatic heterocycles. The molecule has 2 aromatic rings. The Kier molecular flexibility index (Phi) is 6.45. The fourth-order valence-electron chi connectivity index (χ4n) is 2.76. The van der Waals surface area contributed by atoms with Crippen molar-refractivity contribution in [3.05, 3.63) is 66.0 Å². The number of nitrogens with one attached hydrogen (secondary N) is 2. The van der Waals surface area contributed by atoms with Crippen molar-refractivity contribution in [3.8, 4) is 11.3 Å². The molecule has 2 rings (SSSR count). The molecular weight excluding hydrogens is 334 g/mol. The summed E-state index contributed by atoms with van der Waals surface area (Å²) in [4.78, 5) is 4.60. The number of anilines is 1. The van der Waals surface area contributed by atoms with Crippen LogP contribution in [0, 0.1) is 19.3 Å². The van der Waals surface area contributed by atoms with E-state index in [0.29, 0.717) is 6.54 Å². The fourth-order valence-corrected chi connectivity index (χ4v) is 2.76. The highest BCUT2D eigenvalue weighted by Gasteiger charge is 2.17. The molecule has 0 aliphatic carbocycles. The number of benzene rings is 1. The molecule has 1 aromatic carbocycles. The van der Waals surface area contributed by atoms with Crippen LogP contribution in [0.3, 0.4) is 0 Å². The van der Waals surface area contributed by atoms with E-state index in [0.717, 1.165) is 45.0 Å². The van der Waals surface area contributed by atoms with Gasteiger partial charge >= 0.3 is 0 Å². The molecule has 144 valence electrons. The van der Waals surface area contributed by atoms with Crippen LogP contribution in [0.15, 0.2) is 49.3 Å². The molecule has 0 aliphatic heterocycles. The lowest BCUT2D eigenvalue weighted by molar-refractivity contribution is 0.299. The minimum Gasteiger partial charge on any atom is -0.395 e. The van der Waals surface area contributed by atoms with Gasteiger partial charge in [-0.1, -0.05) is 46.1 Å². The summed E-state index contributed by atoms with van der Waals surface area (Å²) in [5, 5.41) is 15.5. The zero-order valence-corrected chi connectivity index (χ0v) is 17.1. The molecule has 0 aliphatic rings. The first kappa shape index (κ1) is 20.7. The van der Waals surface area contributed by atoms with Crippen molar-refractivity contribution in [2.45, 2.75) is 34.6 Å². The second-order valence-corrected chi connectivity index (χ2v) is 7.84. The summed E-state index contributed by atoms with van der Waals surface area (Å²) >= 11 is 0. The van der Waals surface area contributed by atoms with Gasteiger partial charge in [-0.15, -0.1) is 0 Å². The van der Waals surface area contributed by atoms with E-state index in [-0.39, 0.29) is 12.0 Å². The third-order valence-electron chi connectivity index (χ3n) is 4.67. The van der Waals surface area contributed by atoms with Crippen LogP contribution in [-0.2, 0) is 0 Å². The van der Waals surface area contributed by atoms with E-state index in [1.807, 2.05) is 18.3 Å². The van der Waals surface area contributed by atoms with Crippen LogP contribution >= 0.6 is 0 Å². The summed E-state index contributed by atoms with van der Waals surface area (Å²) in [5.74, 6) is 0. The average Bonchev–Trinajstić information content (AvgIpc) is 2.60. The van der Waals surface area contributed by atoms with E-state index >= 15 is 0 Å². The monoisotopic (exact) mass is 365 g/mol. The topological polar surface area (TPSA) is 57.2 Å².